The fraction of sp³-hybridized carbons (Fsp3) is 0.520. The first-order chi connectivity index (χ1) is 14.7. The summed E-state index contributed by atoms with van der Waals surface area (Å²) in [5.41, 5.74) is 0.997. The zero-order chi connectivity index (χ0) is 20.9. The molecule has 0 radical (unpaired) electrons. The summed E-state index contributed by atoms with van der Waals surface area (Å²) < 4.78 is 5.55. The molecule has 5 nitrogen and oxygen atoms in total. The molecule has 2 aromatic rings. The second-order valence-electron chi connectivity index (χ2n) is 8.61. The molecule has 2 aromatic carbocycles. The molecular formula is C25H32N2O3. The van der Waals surface area contributed by atoms with Gasteiger partial charge in [0.05, 0.1) is 13.0 Å². The third-order valence-corrected chi connectivity index (χ3v) is 6.74. The standard InChI is InChI=1S/C25H32N2O3/c1-30-23-14-12-18-8-6-7-11-21(18)22(23)16-26-25(29)19-13-15-24(28)27(17-19)20-9-4-2-3-5-10-20/h6-8,11-12,14,19-20H,2-5,9-10,13,15-17H2,1H3,(H,26,29)/t19-/m0/s1. The van der Waals surface area contributed by atoms with Crippen molar-refractivity contribution >= 4 is 22.6 Å². The van der Waals surface area contributed by atoms with Crippen molar-refractivity contribution in [2.75, 3.05) is 13.7 Å². The number of ether oxygens (including phenoxy) is 1. The predicted molar refractivity (Wildman–Crippen MR) is 118 cm³/mol. The molecule has 1 heterocycles. The largest absolute Gasteiger partial charge is 0.496 e. The molecule has 1 saturated heterocycles. The summed E-state index contributed by atoms with van der Waals surface area (Å²) in [7, 11) is 1.66. The molecule has 2 fully saturated rings. The van der Waals surface area contributed by atoms with Crippen LogP contribution in [0.25, 0.3) is 10.8 Å². The van der Waals surface area contributed by atoms with Crippen LogP contribution in [0.3, 0.4) is 0 Å². The van der Waals surface area contributed by atoms with Crippen molar-refractivity contribution in [3.8, 4) is 5.75 Å². The molecule has 2 amide bonds. The first-order valence-corrected chi connectivity index (χ1v) is 11.3. The second-order valence-corrected chi connectivity index (χ2v) is 8.61. The Morgan fingerprint density at radius 3 is 2.60 bits per heavy atom. The van der Waals surface area contributed by atoms with Crippen molar-refractivity contribution < 1.29 is 14.3 Å². The van der Waals surface area contributed by atoms with Crippen LogP contribution in [0.2, 0.25) is 0 Å². The van der Waals surface area contributed by atoms with E-state index in [0.29, 0.717) is 32.0 Å². The molecule has 1 N–H and O–H groups in total. The Balaban J connectivity index is 1.44. The van der Waals surface area contributed by atoms with Crippen LogP contribution in [-0.4, -0.2) is 36.4 Å². The van der Waals surface area contributed by atoms with Crippen molar-refractivity contribution in [2.24, 2.45) is 5.92 Å². The molecule has 5 heteroatoms. The Bertz CT molecular complexity index is 902. The van der Waals surface area contributed by atoms with Gasteiger partial charge >= 0.3 is 0 Å². The van der Waals surface area contributed by atoms with Gasteiger partial charge < -0.3 is 15.0 Å². The normalized spacial score (nSPS) is 20.8. The topological polar surface area (TPSA) is 58.6 Å². The minimum absolute atomic E-state index is 0.0381. The van der Waals surface area contributed by atoms with Crippen LogP contribution >= 0.6 is 0 Å². The lowest BCUT2D eigenvalue weighted by molar-refractivity contribution is -0.141. The number of nitrogens with one attached hydrogen (secondary N) is 1. The Kier molecular flexibility index (Phi) is 6.56. The summed E-state index contributed by atoms with van der Waals surface area (Å²) in [6.07, 6.45) is 8.16. The maximum atomic E-state index is 13.0. The quantitative estimate of drug-likeness (QED) is 0.745. The second kappa shape index (κ2) is 9.50. The molecule has 1 saturated carbocycles. The molecule has 0 aromatic heterocycles. The molecule has 0 spiro atoms. The van der Waals surface area contributed by atoms with Crippen molar-refractivity contribution in [3.63, 3.8) is 0 Å². The minimum atomic E-state index is -0.132. The van der Waals surface area contributed by atoms with Gasteiger partial charge in [-0.25, -0.2) is 0 Å². The number of likely N-dealkylation sites (tertiary alicyclic amines) is 1. The van der Waals surface area contributed by atoms with E-state index >= 15 is 0 Å². The van der Waals surface area contributed by atoms with Gasteiger partial charge in [-0.2, -0.15) is 0 Å². The average Bonchev–Trinajstić information content (AvgIpc) is 3.07. The van der Waals surface area contributed by atoms with Gasteiger partial charge in [0.1, 0.15) is 5.75 Å². The third-order valence-electron chi connectivity index (χ3n) is 6.74. The van der Waals surface area contributed by atoms with Crippen molar-refractivity contribution in [2.45, 2.75) is 64.0 Å². The van der Waals surface area contributed by atoms with Crippen LogP contribution in [0, 0.1) is 5.92 Å². The van der Waals surface area contributed by atoms with E-state index in [1.54, 1.807) is 7.11 Å². The van der Waals surface area contributed by atoms with Crippen molar-refractivity contribution in [1.82, 2.24) is 10.2 Å². The van der Waals surface area contributed by atoms with E-state index in [-0.39, 0.29) is 17.7 Å². The van der Waals surface area contributed by atoms with Gasteiger partial charge in [-0.15, -0.1) is 0 Å². The van der Waals surface area contributed by atoms with E-state index in [1.165, 1.54) is 25.7 Å². The lowest BCUT2D eigenvalue weighted by Gasteiger charge is -2.37. The predicted octanol–water partition coefficient (Wildman–Crippen LogP) is 4.43. The molecule has 0 unspecified atom stereocenters. The van der Waals surface area contributed by atoms with Gasteiger partial charge in [0, 0.05) is 31.1 Å². The SMILES string of the molecule is COc1ccc2ccccc2c1CNC(=O)[C@H]1CCC(=O)N(C2CCCCCC2)C1. The number of benzene rings is 2. The zero-order valence-electron chi connectivity index (χ0n) is 17.9. The maximum absolute atomic E-state index is 13.0. The number of methoxy groups -OCH3 is 1. The van der Waals surface area contributed by atoms with E-state index in [0.717, 1.165) is 34.9 Å². The highest BCUT2D eigenvalue weighted by atomic mass is 16.5. The van der Waals surface area contributed by atoms with E-state index in [2.05, 4.69) is 17.4 Å². The molecule has 4 rings (SSSR count). The van der Waals surface area contributed by atoms with Gasteiger partial charge in [0.15, 0.2) is 0 Å². The number of carbonyl (C=O) groups is 2. The molecule has 30 heavy (non-hydrogen) atoms. The lowest BCUT2D eigenvalue weighted by atomic mass is 9.93. The van der Waals surface area contributed by atoms with Gasteiger partial charge in [-0.05, 0) is 36.1 Å². The van der Waals surface area contributed by atoms with Gasteiger partial charge in [0.25, 0.3) is 0 Å². The Morgan fingerprint density at radius 2 is 1.83 bits per heavy atom. The van der Waals surface area contributed by atoms with Crippen LogP contribution < -0.4 is 10.1 Å². The number of rotatable bonds is 5. The number of carbonyl (C=O) groups excluding carboxylic acids is 2. The maximum Gasteiger partial charge on any atom is 0.225 e. The molecular weight excluding hydrogens is 376 g/mol. The van der Waals surface area contributed by atoms with E-state index < -0.39 is 0 Å². The van der Waals surface area contributed by atoms with Crippen molar-refractivity contribution in [3.05, 3.63) is 42.0 Å². The van der Waals surface area contributed by atoms with Crippen LogP contribution in [0.5, 0.6) is 5.75 Å². The third kappa shape index (κ3) is 4.45. The van der Waals surface area contributed by atoms with E-state index in [4.69, 9.17) is 4.74 Å². The van der Waals surface area contributed by atoms with Crippen LogP contribution in [-0.2, 0) is 16.1 Å². The monoisotopic (exact) mass is 408 g/mol. The zero-order valence-corrected chi connectivity index (χ0v) is 17.9. The smallest absolute Gasteiger partial charge is 0.225 e. The van der Waals surface area contributed by atoms with Gasteiger partial charge in [-0.1, -0.05) is 56.0 Å². The Morgan fingerprint density at radius 1 is 1.07 bits per heavy atom. The molecule has 1 aliphatic heterocycles. The van der Waals surface area contributed by atoms with E-state index in [9.17, 15) is 9.59 Å². The molecule has 2 aliphatic rings. The first-order valence-electron chi connectivity index (χ1n) is 11.3. The van der Waals surface area contributed by atoms with Gasteiger partial charge in [0.2, 0.25) is 11.8 Å². The highest BCUT2D eigenvalue weighted by Gasteiger charge is 2.34. The highest BCUT2D eigenvalue weighted by molar-refractivity contribution is 5.89. The number of hydrogen-bond acceptors (Lipinski definition) is 3. The Labute approximate surface area is 178 Å². The van der Waals surface area contributed by atoms with Crippen LogP contribution in [0.15, 0.2) is 36.4 Å². The fourth-order valence-corrected chi connectivity index (χ4v) is 5.02. The average molecular weight is 409 g/mol. The van der Waals surface area contributed by atoms with Gasteiger partial charge in [-0.3, -0.25) is 9.59 Å². The molecule has 1 aliphatic carbocycles. The number of fused-ring (bicyclic) bond motifs is 1. The molecule has 160 valence electrons. The van der Waals surface area contributed by atoms with Crippen LogP contribution in [0.4, 0.5) is 0 Å². The van der Waals surface area contributed by atoms with E-state index in [1.807, 2.05) is 29.2 Å². The number of hydrogen-bond donors (Lipinski definition) is 1. The number of amides is 2. The summed E-state index contributed by atoms with van der Waals surface area (Å²) >= 11 is 0. The summed E-state index contributed by atoms with van der Waals surface area (Å²) in [6.45, 7) is 0.985. The summed E-state index contributed by atoms with van der Waals surface area (Å²) in [5.74, 6) is 0.914. The first kappa shape index (κ1) is 20.7. The summed E-state index contributed by atoms with van der Waals surface area (Å²) in [6, 6.07) is 12.5. The number of nitrogens with zero attached hydrogens (tertiary/aromatic N) is 1. The Hall–Kier alpha value is -2.56. The molecule has 1 atom stereocenters. The fourth-order valence-electron chi connectivity index (χ4n) is 5.02. The minimum Gasteiger partial charge on any atom is -0.496 e. The summed E-state index contributed by atoms with van der Waals surface area (Å²) in [5, 5.41) is 5.35. The summed E-state index contributed by atoms with van der Waals surface area (Å²) in [4.78, 5) is 27.6. The van der Waals surface area contributed by atoms with Crippen LogP contribution in [0.1, 0.15) is 56.9 Å². The lowest BCUT2D eigenvalue weighted by Crippen LogP contribution is -2.49. The van der Waals surface area contributed by atoms with Crippen molar-refractivity contribution in [1.29, 1.82) is 0 Å². The number of piperidine rings is 1. The highest BCUT2D eigenvalue weighted by Crippen LogP contribution is 2.29. The molecule has 0 bridgehead atoms.